The molecule has 0 saturated carbocycles. The molecule has 0 radical (unpaired) electrons. The molecular weight excluding hydrogens is 202 g/mol. The SMILES string of the molecule is Cn1nc(COCCCN)c2ccccc21. The molecule has 0 spiro atoms. The normalized spacial score (nSPS) is 11.1. The van der Waals surface area contributed by atoms with E-state index in [-0.39, 0.29) is 0 Å². The molecule has 0 saturated heterocycles. The molecule has 0 aliphatic carbocycles. The minimum absolute atomic E-state index is 0.557. The van der Waals surface area contributed by atoms with Crippen LogP contribution in [0.4, 0.5) is 0 Å². The number of aryl methyl sites for hydroxylation is 1. The van der Waals surface area contributed by atoms with Crippen LogP contribution in [0.25, 0.3) is 10.9 Å². The van der Waals surface area contributed by atoms with E-state index in [0.717, 1.165) is 23.0 Å². The lowest BCUT2D eigenvalue weighted by atomic mass is 10.2. The lowest BCUT2D eigenvalue weighted by Crippen LogP contribution is -2.04. The van der Waals surface area contributed by atoms with Gasteiger partial charge in [0.05, 0.1) is 17.8 Å². The Kier molecular flexibility index (Phi) is 3.54. The van der Waals surface area contributed by atoms with Gasteiger partial charge in [-0.1, -0.05) is 18.2 Å². The van der Waals surface area contributed by atoms with Gasteiger partial charge in [-0.15, -0.1) is 0 Å². The van der Waals surface area contributed by atoms with Crippen LogP contribution in [0.5, 0.6) is 0 Å². The first-order valence-corrected chi connectivity index (χ1v) is 5.51. The van der Waals surface area contributed by atoms with Crippen LogP contribution in [0.15, 0.2) is 24.3 Å². The fourth-order valence-corrected chi connectivity index (χ4v) is 1.75. The van der Waals surface area contributed by atoms with Crippen molar-refractivity contribution in [3.05, 3.63) is 30.0 Å². The van der Waals surface area contributed by atoms with Crippen molar-refractivity contribution >= 4 is 10.9 Å². The topological polar surface area (TPSA) is 53.1 Å². The third kappa shape index (κ3) is 2.23. The minimum Gasteiger partial charge on any atom is -0.375 e. The van der Waals surface area contributed by atoms with Crippen molar-refractivity contribution in [3.8, 4) is 0 Å². The van der Waals surface area contributed by atoms with E-state index < -0.39 is 0 Å². The molecule has 0 aliphatic rings. The van der Waals surface area contributed by atoms with Crippen molar-refractivity contribution in [1.29, 1.82) is 0 Å². The fourth-order valence-electron chi connectivity index (χ4n) is 1.75. The quantitative estimate of drug-likeness (QED) is 0.774. The van der Waals surface area contributed by atoms with E-state index in [1.165, 1.54) is 0 Å². The lowest BCUT2D eigenvalue weighted by Gasteiger charge is -2.00. The highest BCUT2D eigenvalue weighted by Gasteiger charge is 2.06. The number of nitrogens with two attached hydrogens (primary N) is 1. The van der Waals surface area contributed by atoms with Gasteiger partial charge < -0.3 is 10.5 Å². The molecule has 4 heteroatoms. The van der Waals surface area contributed by atoms with Gasteiger partial charge in [-0.25, -0.2) is 0 Å². The maximum atomic E-state index is 5.53. The van der Waals surface area contributed by atoms with E-state index in [1.54, 1.807) is 0 Å². The van der Waals surface area contributed by atoms with Gasteiger partial charge in [0.2, 0.25) is 0 Å². The second kappa shape index (κ2) is 5.09. The number of ether oxygens (including phenoxy) is 1. The molecule has 0 bridgehead atoms. The summed E-state index contributed by atoms with van der Waals surface area (Å²) < 4.78 is 7.41. The Morgan fingerprint density at radius 1 is 1.38 bits per heavy atom. The van der Waals surface area contributed by atoms with Gasteiger partial charge in [0, 0.05) is 19.0 Å². The van der Waals surface area contributed by atoms with Crippen molar-refractivity contribution in [2.24, 2.45) is 12.8 Å². The summed E-state index contributed by atoms with van der Waals surface area (Å²) in [6.45, 7) is 1.92. The zero-order valence-electron chi connectivity index (χ0n) is 9.52. The summed E-state index contributed by atoms with van der Waals surface area (Å²) in [5.74, 6) is 0. The third-order valence-electron chi connectivity index (χ3n) is 2.57. The summed E-state index contributed by atoms with van der Waals surface area (Å²) in [5.41, 5.74) is 7.54. The molecule has 0 fully saturated rings. The Morgan fingerprint density at radius 2 is 2.19 bits per heavy atom. The largest absolute Gasteiger partial charge is 0.375 e. The van der Waals surface area contributed by atoms with Crippen molar-refractivity contribution in [2.45, 2.75) is 13.0 Å². The van der Waals surface area contributed by atoms with Crippen molar-refractivity contribution < 1.29 is 4.74 Å². The highest BCUT2D eigenvalue weighted by Crippen LogP contribution is 2.17. The van der Waals surface area contributed by atoms with Gasteiger partial charge >= 0.3 is 0 Å². The van der Waals surface area contributed by atoms with E-state index in [1.807, 2.05) is 23.9 Å². The Balaban J connectivity index is 2.12. The second-order valence-corrected chi connectivity index (χ2v) is 3.78. The molecule has 16 heavy (non-hydrogen) atoms. The minimum atomic E-state index is 0.557. The molecule has 2 N–H and O–H groups in total. The van der Waals surface area contributed by atoms with E-state index in [0.29, 0.717) is 19.8 Å². The molecule has 2 aromatic rings. The van der Waals surface area contributed by atoms with E-state index in [4.69, 9.17) is 10.5 Å². The number of aromatic nitrogens is 2. The maximum absolute atomic E-state index is 5.53. The van der Waals surface area contributed by atoms with Crippen LogP contribution in [0, 0.1) is 0 Å². The first-order valence-electron chi connectivity index (χ1n) is 5.51. The predicted molar refractivity (Wildman–Crippen MR) is 64.0 cm³/mol. The molecule has 1 aromatic carbocycles. The van der Waals surface area contributed by atoms with Crippen molar-refractivity contribution in [2.75, 3.05) is 13.2 Å². The molecule has 1 aromatic heterocycles. The van der Waals surface area contributed by atoms with Gasteiger partial charge in [-0.2, -0.15) is 5.10 Å². The van der Waals surface area contributed by atoms with Crippen LogP contribution in [-0.4, -0.2) is 22.9 Å². The lowest BCUT2D eigenvalue weighted by molar-refractivity contribution is 0.118. The van der Waals surface area contributed by atoms with Crippen LogP contribution in [-0.2, 0) is 18.4 Å². The van der Waals surface area contributed by atoms with E-state index in [2.05, 4.69) is 17.2 Å². The standard InChI is InChI=1S/C12H17N3O/c1-15-12-6-3-2-5-10(12)11(14-15)9-16-8-4-7-13/h2-3,5-6H,4,7-9,13H2,1H3. The Hall–Kier alpha value is -1.39. The summed E-state index contributed by atoms with van der Waals surface area (Å²) in [6.07, 6.45) is 0.894. The Bertz CT molecular complexity index is 464. The molecule has 0 atom stereocenters. The van der Waals surface area contributed by atoms with Gasteiger partial charge in [0.1, 0.15) is 0 Å². The average Bonchev–Trinajstić information content (AvgIpc) is 2.63. The van der Waals surface area contributed by atoms with Gasteiger partial charge in [0.15, 0.2) is 0 Å². The second-order valence-electron chi connectivity index (χ2n) is 3.78. The number of hydrogen-bond donors (Lipinski definition) is 1. The molecule has 1 heterocycles. The highest BCUT2D eigenvalue weighted by atomic mass is 16.5. The number of benzene rings is 1. The van der Waals surface area contributed by atoms with Gasteiger partial charge in [-0.05, 0) is 19.0 Å². The summed E-state index contributed by atoms with van der Waals surface area (Å²) in [4.78, 5) is 0. The molecule has 0 amide bonds. The molecule has 0 aliphatic heterocycles. The van der Waals surface area contributed by atoms with Crippen LogP contribution in [0.1, 0.15) is 12.1 Å². The molecule has 4 nitrogen and oxygen atoms in total. The van der Waals surface area contributed by atoms with Crippen molar-refractivity contribution in [1.82, 2.24) is 9.78 Å². The van der Waals surface area contributed by atoms with Crippen LogP contribution >= 0.6 is 0 Å². The van der Waals surface area contributed by atoms with Gasteiger partial charge in [-0.3, -0.25) is 4.68 Å². The molecular formula is C12H17N3O. The summed E-state index contributed by atoms with van der Waals surface area (Å²) >= 11 is 0. The summed E-state index contributed by atoms with van der Waals surface area (Å²) in [7, 11) is 1.95. The molecule has 2 rings (SSSR count). The zero-order valence-corrected chi connectivity index (χ0v) is 9.52. The summed E-state index contributed by atoms with van der Waals surface area (Å²) in [6, 6.07) is 8.17. The number of rotatable bonds is 5. The number of para-hydroxylation sites is 1. The van der Waals surface area contributed by atoms with Crippen molar-refractivity contribution in [3.63, 3.8) is 0 Å². The number of hydrogen-bond acceptors (Lipinski definition) is 3. The number of fused-ring (bicyclic) bond motifs is 1. The Labute approximate surface area is 95.0 Å². The van der Waals surface area contributed by atoms with E-state index in [9.17, 15) is 0 Å². The number of nitrogens with zero attached hydrogens (tertiary/aromatic N) is 2. The average molecular weight is 219 g/mol. The molecule has 86 valence electrons. The van der Waals surface area contributed by atoms with E-state index >= 15 is 0 Å². The highest BCUT2D eigenvalue weighted by molar-refractivity contribution is 5.81. The third-order valence-corrected chi connectivity index (χ3v) is 2.57. The Morgan fingerprint density at radius 3 is 3.00 bits per heavy atom. The summed E-state index contributed by atoms with van der Waals surface area (Å²) in [5, 5.41) is 5.61. The predicted octanol–water partition coefficient (Wildman–Crippen LogP) is 1.44. The first kappa shape index (κ1) is 11.1. The van der Waals surface area contributed by atoms with Crippen LogP contribution < -0.4 is 5.73 Å². The monoisotopic (exact) mass is 219 g/mol. The molecule has 0 unspecified atom stereocenters. The van der Waals surface area contributed by atoms with Gasteiger partial charge in [0.25, 0.3) is 0 Å². The first-order chi connectivity index (χ1) is 7.83. The maximum Gasteiger partial charge on any atom is 0.0960 e. The van der Waals surface area contributed by atoms with Crippen LogP contribution in [0.3, 0.4) is 0 Å². The fraction of sp³-hybridized carbons (Fsp3) is 0.417. The zero-order chi connectivity index (χ0) is 11.4. The van der Waals surface area contributed by atoms with Crippen LogP contribution in [0.2, 0.25) is 0 Å². The smallest absolute Gasteiger partial charge is 0.0960 e.